The molecule has 0 amide bonds. The number of hydrogen-bond donors (Lipinski definition) is 0. The van der Waals surface area contributed by atoms with Gasteiger partial charge in [-0.05, 0) is 0 Å². The van der Waals surface area contributed by atoms with Crippen LogP contribution in [0.4, 0.5) is 0 Å². The van der Waals surface area contributed by atoms with Crippen LogP contribution in [0.15, 0.2) is 0 Å². The van der Waals surface area contributed by atoms with Gasteiger partial charge in [-0.3, -0.25) is 0 Å². The molecule has 0 aliphatic rings. The summed E-state index contributed by atoms with van der Waals surface area (Å²) in [5.41, 5.74) is 0. The van der Waals surface area contributed by atoms with Crippen molar-refractivity contribution in [2.75, 3.05) is 0 Å². The van der Waals surface area contributed by atoms with Crippen molar-refractivity contribution >= 4 is 88.7 Å². The maximum absolute atomic E-state index is 0. The maximum Gasteiger partial charge on any atom is 0 e. The molecular weight excluding hydrogens is 266 g/mol. The minimum Gasteiger partial charge on any atom is 0 e. The monoisotopic (exact) mass is 266 g/mol. The van der Waals surface area contributed by atoms with Crippen LogP contribution in [0.1, 0.15) is 0 Å². The molecule has 0 aromatic rings. The van der Waals surface area contributed by atoms with Gasteiger partial charge < -0.3 is 0 Å². The molecular formula is AuNa3. The standard InChI is InChI=1S/Au.3Na. The predicted octanol–water partition coefficient (Wildman–Crippen LogP) is -1.14. The third-order valence-electron chi connectivity index (χ3n) is 0. The Morgan fingerprint density at radius 3 is 0.500 bits per heavy atom. The molecule has 0 rings (SSSR count). The molecule has 0 nitrogen and oxygen atoms in total. The molecule has 0 saturated heterocycles. The third kappa shape index (κ3) is 9.22. The molecule has 0 saturated carbocycles. The molecule has 0 fully saturated rings. The van der Waals surface area contributed by atoms with Crippen LogP contribution in [0.25, 0.3) is 0 Å². The Morgan fingerprint density at radius 2 is 0.500 bits per heavy atom. The Balaban J connectivity index is 0. The minimum atomic E-state index is 0. The zero-order chi connectivity index (χ0) is 0. The zero-order valence-electron chi connectivity index (χ0n) is 3.30. The van der Waals surface area contributed by atoms with Crippen molar-refractivity contribution in [1.82, 2.24) is 0 Å². The van der Waals surface area contributed by atoms with Gasteiger partial charge in [-0.1, -0.05) is 0 Å². The molecule has 14 valence electrons. The minimum absolute atomic E-state index is 0. The smallest absolute Gasteiger partial charge is 0 e. The summed E-state index contributed by atoms with van der Waals surface area (Å²) in [6.45, 7) is 0. The van der Waals surface area contributed by atoms with Crippen molar-refractivity contribution in [3.05, 3.63) is 0 Å². The summed E-state index contributed by atoms with van der Waals surface area (Å²) in [7, 11) is 0. The van der Waals surface area contributed by atoms with E-state index in [1.54, 1.807) is 0 Å². The van der Waals surface area contributed by atoms with Gasteiger partial charge in [-0.15, -0.1) is 0 Å². The van der Waals surface area contributed by atoms with Crippen molar-refractivity contribution < 1.29 is 22.4 Å². The fraction of sp³-hybridized carbons (Fsp3) is 0. The van der Waals surface area contributed by atoms with E-state index < -0.39 is 0 Å². The van der Waals surface area contributed by atoms with E-state index in [4.69, 9.17) is 0 Å². The van der Waals surface area contributed by atoms with Gasteiger partial charge in [0.2, 0.25) is 0 Å². The van der Waals surface area contributed by atoms with Crippen LogP contribution in [-0.4, -0.2) is 88.7 Å². The van der Waals surface area contributed by atoms with E-state index >= 15 is 0 Å². The molecule has 0 heterocycles. The summed E-state index contributed by atoms with van der Waals surface area (Å²) in [5, 5.41) is 0. The molecule has 0 unspecified atom stereocenters. The second-order valence-electron chi connectivity index (χ2n) is 0. The molecule has 0 aromatic heterocycles. The first-order valence-corrected chi connectivity index (χ1v) is 0. The Morgan fingerprint density at radius 1 is 0.500 bits per heavy atom. The van der Waals surface area contributed by atoms with Crippen LogP contribution < -0.4 is 0 Å². The Kier molecular flexibility index (Phi) is 99.8. The quantitative estimate of drug-likeness (QED) is 0.486. The normalized spacial score (nSPS) is 0. The van der Waals surface area contributed by atoms with Gasteiger partial charge in [0.25, 0.3) is 0 Å². The topological polar surface area (TPSA) is 0 Å². The average Bonchev–Trinajstić information content (AvgIpc) is 0. The number of hydrogen-bond acceptors (Lipinski definition) is 0. The summed E-state index contributed by atoms with van der Waals surface area (Å²) in [5.74, 6) is 0. The summed E-state index contributed by atoms with van der Waals surface area (Å²) >= 11 is 0. The molecule has 4 heavy (non-hydrogen) atoms. The summed E-state index contributed by atoms with van der Waals surface area (Å²) < 4.78 is 0. The van der Waals surface area contributed by atoms with Gasteiger partial charge >= 0.3 is 0 Å². The second kappa shape index (κ2) is 15.9. The predicted molar refractivity (Wildman–Crippen MR) is 17.3 cm³/mol. The summed E-state index contributed by atoms with van der Waals surface area (Å²) in [6, 6.07) is 0. The summed E-state index contributed by atoms with van der Waals surface area (Å²) in [6.07, 6.45) is 0. The Bertz CT molecular complexity index is 3.25. The molecule has 0 aromatic carbocycles. The van der Waals surface area contributed by atoms with Crippen molar-refractivity contribution in [3.63, 3.8) is 0 Å². The molecule has 0 aliphatic carbocycles. The van der Waals surface area contributed by atoms with Crippen molar-refractivity contribution in [1.29, 1.82) is 0 Å². The van der Waals surface area contributed by atoms with Crippen molar-refractivity contribution in [2.24, 2.45) is 0 Å². The fourth-order valence-corrected chi connectivity index (χ4v) is 0. The van der Waals surface area contributed by atoms with E-state index in [0.717, 1.165) is 0 Å². The van der Waals surface area contributed by atoms with E-state index in [2.05, 4.69) is 0 Å². The van der Waals surface area contributed by atoms with Crippen LogP contribution >= 0.6 is 0 Å². The first-order valence-electron chi connectivity index (χ1n) is 0. The zero-order valence-corrected chi connectivity index (χ0v) is 11.5. The van der Waals surface area contributed by atoms with Gasteiger partial charge in [0, 0.05) is 111 Å². The average molecular weight is 266 g/mol. The Hall–Kier alpha value is 3.74. The molecule has 4 radical (unpaired) electrons. The van der Waals surface area contributed by atoms with E-state index in [0.29, 0.717) is 0 Å². The van der Waals surface area contributed by atoms with Gasteiger partial charge in [0.15, 0.2) is 0 Å². The van der Waals surface area contributed by atoms with Crippen LogP contribution in [0.3, 0.4) is 0 Å². The SMILES string of the molecule is [Au].[Na].[Na].[Na]. The Labute approximate surface area is 108 Å². The van der Waals surface area contributed by atoms with Gasteiger partial charge in [0.05, 0.1) is 0 Å². The third-order valence-corrected chi connectivity index (χ3v) is 0. The van der Waals surface area contributed by atoms with Crippen LogP contribution in [0.2, 0.25) is 0 Å². The molecule has 0 spiro atoms. The van der Waals surface area contributed by atoms with Crippen LogP contribution in [0.5, 0.6) is 0 Å². The van der Waals surface area contributed by atoms with Gasteiger partial charge in [0.1, 0.15) is 0 Å². The van der Waals surface area contributed by atoms with Gasteiger partial charge in [-0.2, -0.15) is 0 Å². The molecule has 0 atom stereocenters. The van der Waals surface area contributed by atoms with E-state index in [1.165, 1.54) is 0 Å². The van der Waals surface area contributed by atoms with E-state index in [1.807, 2.05) is 0 Å². The van der Waals surface area contributed by atoms with Crippen molar-refractivity contribution in [3.8, 4) is 0 Å². The molecule has 0 aliphatic heterocycles. The first kappa shape index (κ1) is 25.1. The molecule has 4 heteroatoms. The maximum atomic E-state index is 0. The summed E-state index contributed by atoms with van der Waals surface area (Å²) in [4.78, 5) is 0. The molecule has 0 N–H and O–H groups in total. The van der Waals surface area contributed by atoms with Crippen LogP contribution in [-0.2, 0) is 22.4 Å². The van der Waals surface area contributed by atoms with E-state index in [-0.39, 0.29) is 111 Å². The van der Waals surface area contributed by atoms with E-state index in [9.17, 15) is 0 Å². The first-order chi connectivity index (χ1) is 0. The number of rotatable bonds is 0. The fourth-order valence-electron chi connectivity index (χ4n) is 0. The van der Waals surface area contributed by atoms with Crippen molar-refractivity contribution in [2.45, 2.75) is 0 Å². The largest absolute Gasteiger partial charge is 0 e. The second-order valence-corrected chi connectivity index (χ2v) is 0. The van der Waals surface area contributed by atoms with Gasteiger partial charge in [-0.25, -0.2) is 0 Å². The van der Waals surface area contributed by atoms with Crippen LogP contribution in [0, 0.1) is 0 Å². The molecule has 0 bridgehead atoms.